The van der Waals surface area contributed by atoms with Gasteiger partial charge in [-0.3, -0.25) is 4.79 Å². The number of halogens is 1. The molecule has 28 heavy (non-hydrogen) atoms. The minimum absolute atomic E-state index is 0.227. The number of nitrogens with one attached hydrogen (secondary N) is 1. The van der Waals surface area contributed by atoms with Crippen LogP contribution in [0, 0.1) is 6.92 Å². The number of morpholine rings is 1. The van der Waals surface area contributed by atoms with E-state index >= 15 is 0 Å². The minimum atomic E-state index is -3.52. The van der Waals surface area contributed by atoms with Crippen LogP contribution in [0.4, 0.5) is 5.69 Å². The van der Waals surface area contributed by atoms with E-state index in [4.69, 9.17) is 16.3 Å². The lowest BCUT2D eigenvalue weighted by Crippen LogP contribution is -2.40. The standard InChI is InChI=1S/C20H21ClN2O4S/c1-15-2-6-17(21)14-19(15)22-20(24)9-5-16-3-7-18(8-4-16)28(25,26)23-10-12-27-13-11-23/h2-9,14H,10-13H2,1H3,(H,22,24). The molecule has 1 heterocycles. The van der Waals surface area contributed by atoms with Crippen molar-refractivity contribution < 1.29 is 17.9 Å². The molecule has 1 aliphatic rings. The molecule has 0 spiro atoms. The van der Waals surface area contributed by atoms with Crippen LogP contribution in [0.25, 0.3) is 6.08 Å². The van der Waals surface area contributed by atoms with Crippen LogP contribution < -0.4 is 5.32 Å². The molecule has 148 valence electrons. The zero-order valence-electron chi connectivity index (χ0n) is 15.4. The van der Waals surface area contributed by atoms with Gasteiger partial charge in [0, 0.05) is 29.9 Å². The fourth-order valence-electron chi connectivity index (χ4n) is 2.76. The molecule has 0 bridgehead atoms. The Bertz CT molecular complexity index is 982. The Hall–Kier alpha value is -2.19. The number of aryl methyl sites for hydroxylation is 1. The van der Waals surface area contributed by atoms with Gasteiger partial charge in [-0.15, -0.1) is 0 Å². The molecular formula is C20H21ClN2O4S. The molecule has 0 aliphatic carbocycles. The second-order valence-electron chi connectivity index (χ2n) is 6.37. The lowest BCUT2D eigenvalue weighted by atomic mass is 10.2. The molecule has 1 N–H and O–H groups in total. The van der Waals surface area contributed by atoms with E-state index in [1.807, 2.05) is 13.0 Å². The van der Waals surface area contributed by atoms with Gasteiger partial charge in [0.15, 0.2) is 0 Å². The third-order valence-corrected chi connectivity index (χ3v) is 6.52. The molecule has 2 aromatic carbocycles. The summed E-state index contributed by atoms with van der Waals surface area (Å²) < 4.78 is 31.8. The highest BCUT2D eigenvalue weighted by Gasteiger charge is 2.25. The fraction of sp³-hybridized carbons (Fsp3) is 0.250. The topological polar surface area (TPSA) is 75.7 Å². The Morgan fingerprint density at radius 3 is 2.50 bits per heavy atom. The van der Waals surface area contributed by atoms with Crippen LogP contribution in [0.1, 0.15) is 11.1 Å². The fourth-order valence-corrected chi connectivity index (χ4v) is 4.34. The van der Waals surface area contributed by atoms with E-state index in [9.17, 15) is 13.2 Å². The summed E-state index contributed by atoms with van der Waals surface area (Å²) in [6.07, 6.45) is 3.02. The van der Waals surface area contributed by atoms with Crippen LogP contribution in [-0.2, 0) is 19.6 Å². The monoisotopic (exact) mass is 420 g/mol. The number of nitrogens with zero attached hydrogens (tertiary/aromatic N) is 1. The van der Waals surface area contributed by atoms with Crippen molar-refractivity contribution in [2.45, 2.75) is 11.8 Å². The summed E-state index contributed by atoms with van der Waals surface area (Å²) in [7, 11) is -3.52. The van der Waals surface area contributed by atoms with E-state index in [-0.39, 0.29) is 10.8 Å². The highest BCUT2D eigenvalue weighted by atomic mass is 35.5. The number of amides is 1. The Morgan fingerprint density at radius 1 is 1.14 bits per heavy atom. The first-order chi connectivity index (χ1) is 13.4. The van der Waals surface area contributed by atoms with E-state index in [1.165, 1.54) is 10.4 Å². The predicted molar refractivity (Wildman–Crippen MR) is 110 cm³/mol. The zero-order chi connectivity index (χ0) is 20.1. The first-order valence-corrected chi connectivity index (χ1v) is 10.6. The molecule has 0 unspecified atom stereocenters. The molecule has 0 aromatic heterocycles. The Morgan fingerprint density at radius 2 is 1.82 bits per heavy atom. The van der Waals surface area contributed by atoms with Crippen molar-refractivity contribution in [1.29, 1.82) is 0 Å². The van der Waals surface area contributed by atoms with Gasteiger partial charge in [-0.1, -0.05) is 29.8 Å². The number of hydrogen-bond donors (Lipinski definition) is 1. The van der Waals surface area contributed by atoms with E-state index in [0.29, 0.717) is 37.0 Å². The average molecular weight is 421 g/mol. The molecule has 1 fully saturated rings. The molecule has 1 saturated heterocycles. The summed E-state index contributed by atoms with van der Waals surface area (Å²) in [6, 6.07) is 11.7. The normalized spacial score (nSPS) is 15.6. The summed E-state index contributed by atoms with van der Waals surface area (Å²) in [5.41, 5.74) is 2.27. The number of carbonyl (C=O) groups excluding carboxylic acids is 1. The molecular weight excluding hydrogens is 400 g/mol. The summed E-state index contributed by atoms with van der Waals surface area (Å²) in [6.45, 7) is 3.39. The van der Waals surface area contributed by atoms with Crippen LogP contribution in [0.2, 0.25) is 5.02 Å². The third kappa shape index (κ3) is 4.99. The quantitative estimate of drug-likeness (QED) is 0.753. The van der Waals surface area contributed by atoms with Crippen LogP contribution in [-0.4, -0.2) is 44.9 Å². The van der Waals surface area contributed by atoms with Crippen LogP contribution in [0.15, 0.2) is 53.4 Å². The van der Waals surface area contributed by atoms with E-state index in [0.717, 1.165) is 11.1 Å². The van der Waals surface area contributed by atoms with Crippen molar-refractivity contribution in [3.05, 3.63) is 64.7 Å². The van der Waals surface area contributed by atoms with Crippen molar-refractivity contribution >= 4 is 39.3 Å². The van der Waals surface area contributed by atoms with Crippen molar-refractivity contribution in [3.8, 4) is 0 Å². The molecule has 0 atom stereocenters. The predicted octanol–water partition coefficient (Wildman–Crippen LogP) is 3.32. The first kappa shape index (κ1) is 20.5. The minimum Gasteiger partial charge on any atom is -0.379 e. The van der Waals surface area contributed by atoms with Crippen molar-refractivity contribution in [1.82, 2.24) is 4.31 Å². The average Bonchev–Trinajstić information content (AvgIpc) is 2.70. The molecule has 8 heteroatoms. The summed E-state index contributed by atoms with van der Waals surface area (Å²) >= 11 is 5.95. The SMILES string of the molecule is Cc1ccc(Cl)cc1NC(=O)C=Cc1ccc(S(=O)(=O)N2CCOCC2)cc1. The lowest BCUT2D eigenvalue weighted by Gasteiger charge is -2.26. The maximum atomic E-state index is 12.6. The van der Waals surface area contributed by atoms with Gasteiger partial charge in [-0.25, -0.2) is 8.42 Å². The van der Waals surface area contributed by atoms with E-state index in [2.05, 4.69) is 5.32 Å². The van der Waals surface area contributed by atoms with Crippen LogP contribution in [0.3, 0.4) is 0 Å². The highest BCUT2D eigenvalue weighted by molar-refractivity contribution is 7.89. The van der Waals surface area contributed by atoms with Crippen LogP contribution >= 0.6 is 11.6 Å². The van der Waals surface area contributed by atoms with Gasteiger partial charge in [0.05, 0.1) is 18.1 Å². The van der Waals surface area contributed by atoms with Crippen LogP contribution in [0.5, 0.6) is 0 Å². The number of benzene rings is 2. The largest absolute Gasteiger partial charge is 0.379 e. The van der Waals surface area contributed by atoms with E-state index < -0.39 is 10.0 Å². The number of carbonyl (C=O) groups is 1. The van der Waals surface area contributed by atoms with Crippen molar-refractivity contribution in [3.63, 3.8) is 0 Å². The van der Waals surface area contributed by atoms with Gasteiger partial charge < -0.3 is 10.1 Å². The Labute approximate surface area is 169 Å². The summed E-state index contributed by atoms with van der Waals surface area (Å²) in [5, 5.41) is 3.32. The first-order valence-electron chi connectivity index (χ1n) is 8.79. The van der Waals surface area contributed by atoms with Gasteiger partial charge in [0.2, 0.25) is 15.9 Å². The number of ether oxygens (including phenoxy) is 1. The number of sulfonamides is 1. The van der Waals surface area contributed by atoms with E-state index in [1.54, 1.807) is 42.5 Å². The molecule has 2 aromatic rings. The Balaban J connectivity index is 1.66. The second-order valence-corrected chi connectivity index (χ2v) is 8.74. The molecule has 0 radical (unpaired) electrons. The highest BCUT2D eigenvalue weighted by Crippen LogP contribution is 2.21. The molecule has 3 rings (SSSR count). The van der Waals surface area contributed by atoms with Gasteiger partial charge in [0.1, 0.15) is 0 Å². The molecule has 0 saturated carbocycles. The summed E-state index contributed by atoms with van der Waals surface area (Å²) in [4.78, 5) is 12.4. The second kappa shape index (κ2) is 8.87. The molecule has 6 nitrogen and oxygen atoms in total. The third-order valence-electron chi connectivity index (χ3n) is 4.37. The van der Waals surface area contributed by atoms with Gasteiger partial charge in [-0.2, -0.15) is 4.31 Å². The van der Waals surface area contributed by atoms with Crippen molar-refractivity contribution in [2.75, 3.05) is 31.6 Å². The number of rotatable bonds is 5. The molecule has 1 aliphatic heterocycles. The number of anilines is 1. The van der Waals surface area contributed by atoms with Gasteiger partial charge in [-0.05, 0) is 48.4 Å². The summed E-state index contributed by atoms with van der Waals surface area (Å²) in [5.74, 6) is -0.296. The zero-order valence-corrected chi connectivity index (χ0v) is 17.0. The molecule has 1 amide bonds. The van der Waals surface area contributed by atoms with Gasteiger partial charge in [0.25, 0.3) is 0 Å². The maximum Gasteiger partial charge on any atom is 0.248 e. The lowest BCUT2D eigenvalue weighted by molar-refractivity contribution is -0.111. The van der Waals surface area contributed by atoms with Gasteiger partial charge >= 0.3 is 0 Å². The van der Waals surface area contributed by atoms with Crippen molar-refractivity contribution in [2.24, 2.45) is 0 Å². The number of hydrogen-bond acceptors (Lipinski definition) is 4. The Kier molecular flexibility index (Phi) is 6.51. The maximum absolute atomic E-state index is 12.6. The smallest absolute Gasteiger partial charge is 0.248 e.